The molecule has 2 fully saturated rings. The van der Waals surface area contributed by atoms with E-state index >= 15 is 0 Å². The maximum Gasteiger partial charge on any atom is 0.410 e. The molecule has 8 heteroatoms. The van der Waals surface area contributed by atoms with Crippen LogP contribution < -0.4 is 10.6 Å². The molecule has 0 radical (unpaired) electrons. The first-order valence-corrected chi connectivity index (χ1v) is 10.3. The number of hydrogen-bond acceptors (Lipinski definition) is 5. The standard InChI is InChI=1S/C21H35N3O5/c1-20(2,3)28-18(26)23-16-10-8-7-9-15(16)22-17(25)11-14-12-24(13-14)19(27)29-21(4,5)6/h11,15-16H,7-10,12-13H2,1-6H3,(H,22,25)(H,23,26)/t15-,16+/m0/s1. The Morgan fingerprint density at radius 3 is 1.93 bits per heavy atom. The molecule has 164 valence electrons. The van der Waals surface area contributed by atoms with Crippen LogP contribution in [-0.4, -0.2) is 59.4 Å². The SMILES string of the molecule is CC(C)(C)OC(=O)N[C@@H]1CCCC[C@@H]1NC(=O)C=C1CN(C(=O)OC(C)(C)C)C1. The topological polar surface area (TPSA) is 97.0 Å². The van der Waals surface area contributed by atoms with E-state index in [2.05, 4.69) is 10.6 Å². The van der Waals surface area contributed by atoms with Crippen molar-refractivity contribution in [1.29, 1.82) is 0 Å². The first-order valence-electron chi connectivity index (χ1n) is 10.3. The van der Waals surface area contributed by atoms with Crippen LogP contribution in [-0.2, 0) is 14.3 Å². The van der Waals surface area contributed by atoms with Gasteiger partial charge in [0.2, 0.25) is 5.91 Å². The number of amides is 3. The highest BCUT2D eigenvalue weighted by molar-refractivity contribution is 5.89. The van der Waals surface area contributed by atoms with E-state index in [0.717, 1.165) is 31.3 Å². The molecule has 0 unspecified atom stereocenters. The highest BCUT2D eigenvalue weighted by Gasteiger charge is 2.32. The van der Waals surface area contributed by atoms with Gasteiger partial charge in [-0.2, -0.15) is 0 Å². The number of alkyl carbamates (subject to hydrolysis) is 1. The molecule has 0 spiro atoms. The summed E-state index contributed by atoms with van der Waals surface area (Å²) < 4.78 is 10.6. The maximum absolute atomic E-state index is 12.4. The molecule has 2 atom stereocenters. The number of hydrogen-bond donors (Lipinski definition) is 2. The average molecular weight is 410 g/mol. The molecule has 1 heterocycles. The molecule has 0 aromatic rings. The molecule has 1 saturated carbocycles. The van der Waals surface area contributed by atoms with Crippen molar-refractivity contribution < 1.29 is 23.9 Å². The second-order valence-electron chi connectivity index (χ2n) is 9.79. The number of rotatable bonds is 3. The Labute approximate surface area is 173 Å². The van der Waals surface area contributed by atoms with Gasteiger partial charge in [0.1, 0.15) is 11.2 Å². The summed E-state index contributed by atoms with van der Waals surface area (Å²) in [4.78, 5) is 38.0. The number of likely N-dealkylation sites (tertiary alicyclic amines) is 1. The lowest BCUT2D eigenvalue weighted by atomic mass is 9.90. The molecule has 29 heavy (non-hydrogen) atoms. The fraction of sp³-hybridized carbons (Fsp3) is 0.762. The Kier molecular flexibility index (Phi) is 7.19. The zero-order chi connectivity index (χ0) is 21.8. The largest absolute Gasteiger partial charge is 0.444 e. The first kappa shape index (κ1) is 23.0. The van der Waals surface area contributed by atoms with Crippen molar-refractivity contribution in [2.75, 3.05) is 13.1 Å². The van der Waals surface area contributed by atoms with Crippen molar-refractivity contribution in [2.45, 2.75) is 90.5 Å². The van der Waals surface area contributed by atoms with Crippen LogP contribution in [0.1, 0.15) is 67.2 Å². The minimum absolute atomic E-state index is 0.136. The number of nitrogens with one attached hydrogen (secondary N) is 2. The van der Waals surface area contributed by atoms with Gasteiger partial charge in [0.15, 0.2) is 0 Å². The highest BCUT2D eigenvalue weighted by Crippen LogP contribution is 2.21. The van der Waals surface area contributed by atoms with Crippen LogP contribution in [0.25, 0.3) is 0 Å². The van der Waals surface area contributed by atoms with E-state index in [0.29, 0.717) is 13.1 Å². The van der Waals surface area contributed by atoms with E-state index in [4.69, 9.17) is 9.47 Å². The third-order valence-corrected chi connectivity index (χ3v) is 4.57. The van der Waals surface area contributed by atoms with Crippen LogP contribution in [0.5, 0.6) is 0 Å². The smallest absolute Gasteiger partial charge is 0.410 e. The molecule has 1 saturated heterocycles. The molecule has 8 nitrogen and oxygen atoms in total. The lowest BCUT2D eigenvalue weighted by molar-refractivity contribution is -0.117. The van der Waals surface area contributed by atoms with Crippen LogP contribution in [0.3, 0.4) is 0 Å². The Bertz CT molecular complexity index is 652. The maximum atomic E-state index is 12.4. The Morgan fingerprint density at radius 1 is 0.897 bits per heavy atom. The Balaban J connectivity index is 1.83. The normalized spacial score (nSPS) is 22.3. The molecule has 2 N–H and O–H groups in total. The number of carbonyl (C=O) groups is 3. The van der Waals surface area contributed by atoms with Crippen molar-refractivity contribution in [2.24, 2.45) is 0 Å². The average Bonchev–Trinajstić information content (AvgIpc) is 2.48. The van der Waals surface area contributed by atoms with Gasteiger partial charge in [0.25, 0.3) is 0 Å². The van der Waals surface area contributed by atoms with Gasteiger partial charge in [0.05, 0.1) is 6.04 Å². The van der Waals surface area contributed by atoms with Crippen molar-refractivity contribution >= 4 is 18.1 Å². The van der Waals surface area contributed by atoms with E-state index < -0.39 is 17.3 Å². The highest BCUT2D eigenvalue weighted by atomic mass is 16.6. The fourth-order valence-corrected chi connectivity index (χ4v) is 3.34. The van der Waals surface area contributed by atoms with E-state index in [1.54, 1.807) is 11.0 Å². The monoisotopic (exact) mass is 409 g/mol. The van der Waals surface area contributed by atoms with Crippen LogP contribution >= 0.6 is 0 Å². The second-order valence-corrected chi connectivity index (χ2v) is 9.79. The lowest BCUT2D eigenvalue weighted by Gasteiger charge is -2.36. The summed E-state index contributed by atoms with van der Waals surface area (Å²) in [5.74, 6) is -0.202. The molecular formula is C21H35N3O5. The van der Waals surface area contributed by atoms with E-state index in [1.165, 1.54) is 0 Å². The van der Waals surface area contributed by atoms with Crippen LogP contribution in [0.15, 0.2) is 11.6 Å². The zero-order valence-electron chi connectivity index (χ0n) is 18.5. The molecule has 0 aromatic heterocycles. The number of carbonyl (C=O) groups excluding carboxylic acids is 3. The predicted molar refractivity (Wildman–Crippen MR) is 109 cm³/mol. The first-order chi connectivity index (χ1) is 13.3. The second kappa shape index (κ2) is 9.05. The lowest BCUT2D eigenvalue weighted by Crippen LogP contribution is -2.54. The molecule has 1 aliphatic heterocycles. The van der Waals surface area contributed by atoms with Crippen molar-refractivity contribution in [3.8, 4) is 0 Å². The summed E-state index contributed by atoms with van der Waals surface area (Å²) in [7, 11) is 0. The Morgan fingerprint density at radius 2 is 1.41 bits per heavy atom. The van der Waals surface area contributed by atoms with Crippen LogP contribution in [0, 0.1) is 0 Å². The molecule has 3 amide bonds. The van der Waals surface area contributed by atoms with Gasteiger partial charge in [-0.3, -0.25) is 4.79 Å². The Hall–Kier alpha value is -2.25. The third-order valence-electron chi connectivity index (χ3n) is 4.57. The van der Waals surface area contributed by atoms with Gasteiger partial charge in [0, 0.05) is 25.2 Å². The van der Waals surface area contributed by atoms with Crippen LogP contribution in [0.4, 0.5) is 9.59 Å². The van der Waals surface area contributed by atoms with Crippen molar-refractivity contribution in [3.63, 3.8) is 0 Å². The molecule has 0 aromatic carbocycles. The third kappa shape index (κ3) is 7.95. The van der Waals surface area contributed by atoms with Crippen molar-refractivity contribution in [3.05, 3.63) is 11.6 Å². The summed E-state index contributed by atoms with van der Waals surface area (Å²) in [6.07, 6.45) is 4.31. The van der Waals surface area contributed by atoms with Crippen molar-refractivity contribution in [1.82, 2.24) is 15.5 Å². The van der Waals surface area contributed by atoms with Gasteiger partial charge >= 0.3 is 12.2 Å². The summed E-state index contributed by atoms with van der Waals surface area (Å²) in [6, 6.07) is -0.289. The summed E-state index contributed by atoms with van der Waals surface area (Å²) in [5.41, 5.74) is -0.224. The minimum atomic E-state index is -0.563. The van der Waals surface area contributed by atoms with E-state index in [-0.39, 0.29) is 24.1 Å². The summed E-state index contributed by atoms with van der Waals surface area (Å²) in [5, 5.41) is 5.89. The quantitative estimate of drug-likeness (QED) is 0.698. The van der Waals surface area contributed by atoms with Gasteiger partial charge in [-0.05, 0) is 60.0 Å². The van der Waals surface area contributed by atoms with Gasteiger partial charge in [-0.25, -0.2) is 9.59 Å². The summed E-state index contributed by atoms with van der Waals surface area (Å²) >= 11 is 0. The minimum Gasteiger partial charge on any atom is -0.444 e. The number of ether oxygens (including phenoxy) is 2. The molecule has 1 aliphatic carbocycles. The van der Waals surface area contributed by atoms with Crippen LogP contribution in [0.2, 0.25) is 0 Å². The molecule has 2 aliphatic rings. The molecule has 0 bridgehead atoms. The van der Waals surface area contributed by atoms with Gasteiger partial charge < -0.3 is 25.0 Å². The zero-order valence-corrected chi connectivity index (χ0v) is 18.5. The fourth-order valence-electron chi connectivity index (χ4n) is 3.34. The predicted octanol–water partition coefficient (Wildman–Crippen LogP) is 3.12. The van der Waals surface area contributed by atoms with E-state index in [1.807, 2.05) is 41.5 Å². The van der Waals surface area contributed by atoms with Gasteiger partial charge in [-0.15, -0.1) is 0 Å². The molecule has 2 rings (SSSR count). The number of nitrogens with zero attached hydrogens (tertiary/aromatic N) is 1. The molecular weight excluding hydrogens is 374 g/mol. The van der Waals surface area contributed by atoms with E-state index in [9.17, 15) is 14.4 Å². The van der Waals surface area contributed by atoms with Gasteiger partial charge in [-0.1, -0.05) is 12.8 Å². The summed E-state index contributed by atoms with van der Waals surface area (Å²) in [6.45, 7) is 11.7.